The van der Waals surface area contributed by atoms with Gasteiger partial charge in [0.15, 0.2) is 0 Å². The number of hydrogen-bond acceptors (Lipinski definition) is 2. The molecular formula is C15H9BrClNO2. The zero-order valence-electron chi connectivity index (χ0n) is 10.3. The third-order valence-electron chi connectivity index (χ3n) is 3.16. The fraction of sp³-hybridized carbons (Fsp3) is 0.0667. The number of Topliss-reactive ketones (excluding diaryl/α,β-unsaturated/α-hetero) is 1. The summed E-state index contributed by atoms with van der Waals surface area (Å²) in [6.07, 6.45) is 0. The SMILES string of the molecule is O=C1C(=O)N(Cc2cccc(Cl)c2)c2ccc(Br)cc21. The maximum Gasteiger partial charge on any atom is 0.299 e. The highest BCUT2D eigenvalue weighted by Crippen LogP contribution is 2.32. The van der Waals surface area contributed by atoms with Crippen LogP contribution in [0.1, 0.15) is 15.9 Å². The number of benzene rings is 2. The predicted molar refractivity (Wildman–Crippen MR) is 81.1 cm³/mol. The number of amides is 1. The van der Waals surface area contributed by atoms with Gasteiger partial charge in [-0.15, -0.1) is 0 Å². The summed E-state index contributed by atoms with van der Waals surface area (Å²) < 4.78 is 0.780. The standard InChI is InChI=1S/C15H9BrClNO2/c16-10-4-5-13-12(7-10)14(19)15(20)18(13)8-9-2-1-3-11(17)6-9/h1-7H,8H2. The summed E-state index contributed by atoms with van der Waals surface area (Å²) >= 11 is 9.25. The second-order valence-electron chi connectivity index (χ2n) is 4.51. The number of nitrogens with zero attached hydrogens (tertiary/aromatic N) is 1. The smallest absolute Gasteiger partial charge is 0.299 e. The summed E-state index contributed by atoms with van der Waals surface area (Å²) in [6, 6.07) is 12.5. The van der Waals surface area contributed by atoms with Gasteiger partial charge in [-0.05, 0) is 35.9 Å². The van der Waals surface area contributed by atoms with E-state index in [1.807, 2.05) is 18.2 Å². The van der Waals surface area contributed by atoms with Gasteiger partial charge in [0, 0.05) is 9.50 Å². The molecule has 1 amide bonds. The Kier molecular flexibility index (Phi) is 3.36. The van der Waals surface area contributed by atoms with Crippen molar-refractivity contribution in [3.63, 3.8) is 0 Å². The fourth-order valence-electron chi connectivity index (χ4n) is 2.25. The molecule has 20 heavy (non-hydrogen) atoms. The van der Waals surface area contributed by atoms with Crippen molar-refractivity contribution in [3.8, 4) is 0 Å². The van der Waals surface area contributed by atoms with Gasteiger partial charge in [-0.1, -0.05) is 39.7 Å². The van der Waals surface area contributed by atoms with Crippen LogP contribution in [0.5, 0.6) is 0 Å². The van der Waals surface area contributed by atoms with Crippen molar-refractivity contribution in [1.29, 1.82) is 0 Å². The number of ketones is 1. The molecule has 0 aromatic heterocycles. The van der Waals surface area contributed by atoms with Crippen LogP contribution < -0.4 is 4.90 Å². The molecule has 5 heteroatoms. The van der Waals surface area contributed by atoms with Crippen molar-refractivity contribution in [2.75, 3.05) is 4.90 Å². The molecule has 3 nitrogen and oxygen atoms in total. The van der Waals surface area contributed by atoms with E-state index in [4.69, 9.17) is 11.6 Å². The Bertz CT molecular complexity index is 730. The molecule has 0 spiro atoms. The lowest BCUT2D eigenvalue weighted by atomic mass is 10.1. The Balaban J connectivity index is 1.99. The van der Waals surface area contributed by atoms with Gasteiger partial charge in [-0.25, -0.2) is 0 Å². The summed E-state index contributed by atoms with van der Waals surface area (Å²) in [6.45, 7) is 0.333. The number of carbonyl (C=O) groups excluding carboxylic acids is 2. The van der Waals surface area contributed by atoms with Crippen LogP contribution in [0.2, 0.25) is 5.02 Å². The third-order valence-corrected chi connectivity index (χ3v) is 3.89. The van der Waals surface area contributed by atoms with Crippen LogP contribution in [-0.4, -0.2) is 11.7 Å². The number of rotatable bonds is 2. The summed E-state index contributed by atoms with van der Waals surface area (Å²) in [7, 11) is 0. The average molecular weight is 351 g/mol. The third kappa shape index (κ3) is 2.25. The number of carbonyl (C=O) groups is 2. The van der Waals surface area contributed by atoms with Gasteiger partial charge in [0.2, 0.25) is 0 Å². The maximum absolute atomic E-state index is 12.1. The molecular weight excluding hydrogens is 342 g/mol. The molecule has 0 unspecified atom stereocenters. The van der Waals surface area contributed by atoms with Gasteiger partial charge in [-0.2, -0.15) is 0 Å². The molecule has 1 aliphatic heterocycles. The minimum atomic E-state index is -0.502. The van der Waals surface area contributed by atoms with E-state index in [0.717, 1.165) is 10.0 Å². The minimum Gasteiger partial charge on any atom is -0.300 e. The Morgan fingerprint density at radius 1 is 1.10 bits per heavy atom. The molecule has 100 valence electrons. The van der Waals surface area contributed by atoms with Crippen molar-refractivity contribution in [2.24, 2.45) is 0 Å². The molecule has 2 aromatic rings. The number of halogens is 2. The van der Waals surface area contributed by atoms with E-state index in [1.165, 1.54) is 4.90 Å². The van der Waals surface area contributed by atoms with Gasteiger partial charge in [0.1, 0.15) is 0 Å². The van der Waals surface area contributed by atoms with E-state index in [1.54, 1.807) is 24.3 Å². The first-order chi connectivity index (χ1) is 9.56. The number of fused-ring (bicyclic) bond motifs is 1. The van der Waals surface area contributed by atoms with Crippen LogP contribution in [0.4, 0.5) is 5.69 Å². The summed E-state index contributed by atoms with van der Waals surface area (Å²) in [5, 5.41) is 0.608. The van der Waals surface area contributed by atoms with E-state index in [0.29, 0.717) is 22.8 Å². The average Bonchev–Trinajstić information content (AvgIpc) is 2.64. The molecule has 0 saturated heterocycles. The number of anilines is 1. The molecule has 0 aliphatic carbocycles. The van der Waals surface area contributed by atoms with Crippen molar-refractivity contribution in [2.45, 2.75) is 6.54 Å². The lowest BCUT2D eigenvalue weighted by molar-refractivity contribution is -0.114. The number of hydrogen-bond donors (Lipinski definition) is 0. The Morgan fingerprint density at radius 2 is 1.90 bits per heavy atom. The Hall–Kier alpha value is -1.65. The maximum atomic E-state index is 12.1. The minimum absolute atomic E-state index is 0.333. The van der Waals surface area contributed by atoms with Gasteiger partial charge in [0.25, 0.3) is 11.7 Å². The largest absolute Gasteiger partial charge is 0.300 e. The predicted octanol–water partition coefficient (Wildman–Crippen LogP) is 3.83. The van der Waals surface area contributed by atoms with Crippen molar-refractivity contribution >= 4 is 44.9 Å². The van der Waals surface area contributed by atoms with Crippen LogP contribution in [0.25, 0.3) is 0 Å². The molecule has 1 aliphatic rings. The van der Waals surface area contributed by atoms with Gasteiger partial charge in [-0.3, -0.25) is 9.59 Å². The van der Waals surface area contributed by atoms with Crippen molar-refractivity contribution in [3.05, 3.63) is 63.1 Å². The van der Waals surface area contributed by atoms with Crippen LogP contribution in [0.15, 0.2) is 46.9 Å². The highest BCUT2D eigenvalue weighted by molar-refractivity contribution is 9.10. The van der Waals surface area contributed by atoms with E-state index in [-0.39, 0.29) is 0 Å². The summed E-state index contributed by atoms with van der Waals surface area (Å²) in [5.41, 5.74) is 1.96. The normalized spacial score (nSPS) is 13.8. The first kappa shape index (κ1) is 13.3. The van der Waals surface area contributed by atoms with Gasteiger partial charge in [0.05, 0.1) is 17.8 Å². The lowest BCUT2D eigenvalue weighted by Crippen LogP contribution is -2.29. The Labute approximate surface area is 129 Å². The van der Waals surface area contributed by atoms with Crippen LogP contribution in [0, 0.1) is 0 Å². The lowest BCUT2D eigenvalue weighted by Gasteiger charge is -2.16. The monoisotopic (exact) mass is 349 g/mol. The highest BCUT2D eigenvalue weighted by Gasteiger charge is 2.35. The molecule has 0 fully saturated rings. The second-order valence-corrected chi connectivity index (χ2v) is 5.86. The molecule has 2 aromatic carbocycles. The zero-order chi connectivity index (χ0) is 14.3. The molecule has 1 heterocycles. The molecule has 0 atom stereocenters. The zero-order valence-corrected chi connectivity index (χ0v) is 12.6. The van der Waals surface area contributed by atoms with Crippen LogP contribution in [0.3, 0.4) is 0 Å². The van der Waals surface area contributed by atoms with E-state index >= 15 is 0 Å². The highest BCUT2D eigenvalue weighted by atomic mass is 79.9. The quantitative estimate of drug-likeness (QED) is 0.772. The summed E-state index contributed by atoms with van der Waals surface area (Å²) in [5.74, 6) is -0.971. The molecule has 0 radical (unpaired) electrons. The van der Waals surface area contributed by atoms with Crippen molar-refractivity contribution in [1.82, 2.24) is 0 Å². The van der Waals surface area contributed by atoms with Gasteiger partial charge < -0.3 is 4.90 Å². The molecule has 0 bridgehead atoms. The Morgan fingerprint density at radius 3 is 2.65 bits per heavy atom. The fourth-order valence-corrected chi connectivity index (χ4v) is 2.82. The van der Waals surface area contributed by atoms with Gasteiger partial charge >= 0.3 is 0 Å². The molecule has 0 N–H and O–H groups in total. The summed E-state index contributed by atoms with van der Waals surface area (Å²) in [4.78, 5) is 25.6. The molecule has 3 rings (SSSR count). The van der Waals surface area contributed by atoms with Crippen molar-refractivity contribution < 1.29 is 9.59 Å². The topological polar surface area (TPSA) is 37.4 Å². The second kappa shape index (κ2) is 5.04. The van der Waals surface area contributed by atoms with E-state index < -0.39 is 11.7 Å². The van der Waals surface area contributed by atoms with Crippen LogP contribution >= 0.6 is 27.5 Å². The first-order valence-corrected chi connectivity index (χ1v) is 7.13. The molecule has 0 saturated carbocycles. The first-order valence-electron chi connectivity index (χ1n) is 5.96. The van der Waals surface area contributed by atoms with E-state index in [2.05, 4.69) is 15.9 Å². The van der Waals surface area contributed by atoms with E-state index in [9.17, 15) is 9.59 Å². The van der Waals surface area contributed by atoms with Crippen LogP contribution in [-0.2, 0) is 11.3 Å².